The molecule has 3 amide bonds. The van der Waals surface area contributed by atoms with Gasteiger partial charge in [-0.3, -0.25) is 9.59 Å². The number of benzene rings is 1. The first kappa shape index (κ1) is 30.5. The Labute approximate surface area is 212 Å². The summed E-state index contributed by atoms with van der Waals surface area (Å²) in [5.74, 6) is -0.471. The molecular weight excluding hydrogens is 442 g/mol. The van der Waals surface area contributed by atoms with Crippen molar-refractivity contribution < 1.29 is 19.1 Å². The van der Waals surface area contributed by atoms with Crippen LogP contribution >= 0.6 is 0 Å². The Balaban J connectivity index is 3.60. The number of rotatable bonds is 7. The highest BCUT2D eigenvalue weighted by Crippen LogP contribution is 2.31. The second kappa shape index (κ2) is 11.4. The van der Waals surface area contributed by atoms with E-state index in [2.05, 4.69) is 10.6 Å². The van der Waals surface area contributed by atoms with Gasteiger partial charge >= 0.3 is 6.09 Å². The SMILES string of the molecule is Cc1cccc(C(C(=O)NC(C)(C)C)N(C(=O)C(CC(C)C)NC(=O)OC(C)(C)C)C(C)(C)C)c1. The fraction of sp³-hybridized carbons (Fsp3) is 0.679. The van der Waals surface area contributed by atoms with Crippen LogP contribution in [0.5, 0.6) is 0 Å². The summed E-state index contributed by atoms with van der Waals surface area (Å²) in [5.41, 5.74) is -0.196. The number of carbonyl (C=O) groups is 3. The Morgan fingerprint density at radius 2 is 1.54 bits per heavy atom. The van der Waals surface area contributed by atoms with E-state index in [0.717, 1.165) is 11.1 Å². The fourth-order valence-electron chi connectivity index (χ4n) is 3.85. The molecule has 198 valence electrons. The number of alkyl carbamates (subject to hydrolysis) is 1. The van der Waals surface area contributed by atoms with Crippen LogP contribution in [0.15, 0.2) is 24.3 Å². The molecule has 0 bridgehead atoms. The maximum Gasteiger partial charge on any atom is 0.408 e. The van der Waals surface area contributed by atoms with Gasteiger partial charge in [-0.25, -0.2) is 4.79 Å². The second-order valence-electron chi connectivity index (χ2n) is 12.8. The van der Waals surface area contributed by atoms with E-state index in [4.69, 9.17) is 4.74 Å². The van der Waals surface area contributed by atoms with Crippen molar-refractivity contribution in [1.29, 1.82) is 0 Å². The molecule has 0 aliphatic carbocycles. The van der Waals surface area contributed by atoms with Gasteiger partial charge in [0.2, 0.25) is 11.8 Å². The summed E-state index contributed by atoms with van der Waals surface area (Å²) in [6.07, 6.45) is -0.247. The molecular formula is C28H47N3O4. The van der Waals surface area contributed by atoms with E-state index in [1.54, 1.807) is 25.7 Å². The van der Waals surface area contributed by atoms with Crippen molar-refractivity contribution in [3.63, 3.8) is 0 Å². The summed E-state index contributed by atoms with van der Waals surface area (Å²) < 4.78 is 5.44. The topological polar surface area (TPSA) is 87.7 Å². The van der Waals surface area contributed by atoms with Crippen LogP contribution in [0, 0.1) is 12.8 Å². The molecule has 0 spiro atoms. The maximum atomic E-state index is 14.2. The van der Waals surface area contributed by atoms with Crippen molar-refractivity contribution in [3.8, 4) is 0 Å². The van der Waals surface area contributed by atoms with E-state index >= 15 is 0 Å². The number of nitrogens with one attached hydrogen (secondary N) is 2. The molecule has 0 aromatic heterocycles. The van der Waals surface area contributed by atoms with Crippen molar-refractivity contribution in [1.82, 2.24) is 15.5 Å². The highest BCUT2D eigenvalue weighted by atomic mass is 16.6. The summed E-state index contributed by atoms with van der Waals surface area (Å²) in [6.45, 7) is 22.7. The molecule has 2 N–H and O–H groups in total. The number of carbonyl (C=O) groups excluding carboxylic acids is 3. The molecule has 7 nitrogen and oxygen atoms in total. The number of ether oxygens (including phenoxy) is 1. The van der Waals surface area contributed by atoms with Crippen LogP contribution in [0.3, 0.4) is 0 Å². The molecule has 1 rings (SSSR count). The zero-order valence-corrected chi connectivity index (χ0v) is 23.8. The molecule has 0 saturated heterocycles. The minimum absolute atomic E-state index is 0.126. The zero-order valence-electron chi connectivity index (χ0n) is 23.8. The van der Waals surface area contributed by atoms with Crippen LogP contribution in [0.2, 0.25) is 0 Å². The van der Waals surface area contributed by atoms with Gasteiger partial charge in [0, 0.05) is 11.1 Å². The van der Waals surface area contributed by atoms with Crippen LogP contribution in [-0.4, -0.2) is 45.5 Å². The summed E-state index contributed by atoms with van der Waals surface area (Å²) in [4.78, 5) is 42.1. The fourth-order valence-corrected chi connectivity index (χ4v) is 3.85. The van der Waals surface area contributed by atoms with Gasteiger partial charge in [-0.05, 0) is 87.1 Å². The highest BCUT2D eigenvalue weighted by molar-refractivity contribution is 5.93. The Bertz CT molecular complexity index is 889. The van der Waals surface area contributed by atoms with Crippen molar-refractivity contribution in [2.45, 2.75) is 118 Å². The Morgan fingerprint density at radius 3 is 1.97 bits per heavy atom. The van der Waals surface area contributed by atoms with E-state index in [0.29, 0.717) is 6.42 Å². The number of aryl methyl sites for hydroxylation is 1. The summed E-state index contributed by atoms with van der Waals surface area (Å²) in [7, 11) is 0. The van der Waals surface area contributed by atoms with Crippen molar-refractivity contribution in [2.24, 2.45) is 5.92 Å². The van der Waals surface area contributed by atoms with Gasteiger partial charge in [0.25, 0.3) is 0 Å². The van der Waals surface area contributed by atoms with E-state index in [9.17, 15) is 14.4 Å². The third-order valence-corrected chi connectivity index (χ3v) is 5.02. The molecule has 0 aliphatic heterocycles. The monoisotopic (exact) mass is 489 g/mol. The third kappa shape index (κ3) is 10.3. The lowest BCUT2D eigenvalue weighted by molar-refractivity contribution is -0.149. The molecule has 2 atom stereocenters. The average Bonchev–Trinajstić information content (AvgIpc) is 2.60. The lowest BCUT2D eigenvalue weighted by atomic mass is 9.92. The minimum atomic E-state index is -0.878. The first-order valence-electron chi connectivity index (χ1n) is 12.4. The molecule has 7 heteroatoms. The van der Waals surface area contributed by atoms with Gasteiger partial charge < -0.3 is 20.3 Å². The maximum absolute atomic E-state index is 14.2. The van der Waals surface area contributed by atoms with Gasteiger partial charge in [0.1, 0.15) is 17.7 Å². The second-order valence-corrected chi connectivity index (χ2v) is 12.8. The van der Waals surface area contributed by atoms with Gasteiger partial charge in [0.05, 0.1) is 0 Å². The van der Waals surface area contributed by atoms with Crippen LogP contribution < -0.4 is 10.6 Å². The molecule has 35 heavy (non-hydrogen) atoms. The molecule has 1 aromatic carbocycles. The first-order chi connectivity index (χ1) is 15.7. The zero-order chi connectivity index (χ0) is 27.4. The largest absolute Gasteiger partial charge is 0.444 e. The minimum Gasteiger partial charge on any atom is -0.444 e. The lowest BCUT2D eigenvalue weighted by Crippen LogP contribution is -2.59. The summed E-state index contributed by atoms with van der Waals surface area (Å²) in [5, 5.41) is 5.83. The number of amides is 3. The van der Waals surface area contributed by atoms with Crippen LogP contribution in [0.4, 0.5) is 4.79 Å². The Kier molecular flexibility index (Phi) is 9.96. The van der Waals surface area contributed by atoms with E-state index < -0.39 is 34.9 Å². The summed E-state index contributed by atoms with van der Waals surface area (Å²) >= 11 is 0. The van der Waals surface area contributed by atoms with Crippen molar-refractivity contribution in [2.75, 3.05) is 0 Å². The lowest BCUT2D eigenvalue weighted by Gasteiger charge is -2.44. The Morgan fingerprint density at radius 1 is 0.971 bits per heavy atom. The molecule has 0 radical (unpaired) electrons. The third-order valence-electron chi connectivity index (χ3n) is 5.02. The van der Waals surface area contributed by atoms with Crippen LogP contribution in [0.1, 0.15) is 99.8 Å². The van der Waals surface area contributed by atoms with Crippen molar-refractivity contribution in [3.05, 3.63) is 35.4 Å². The van der Waals surface area contributed by atoms with Gasteiger partial charge in [-0.15, -0.1) is 0 Å². The molecule has 0 saturated carbocycles. The van der Waals surface area contributed by atoms with Crippen LogP contribution in [0.25, 0.3) is 0 Å². The van der Waals surface area contributed by atoms with Gasteiger partial charge in [-0.1, -0.05) is 43.7 Å². The van der Waals surface area contributed by atoms with E-state index in [-0.39, 0.29) is 17.7 Å². The smallest absolute Gasteiger partial charge is 0.408 e. The van der Waals surface area contributed by atoms with Gasteiger partial charge in [-0.2, -0.15) is 0 Å². The molecule has 0 fully saturated rings. The molecule has 0 heterocycles. The predicted molar refractivity (Wildman–Crippen MR) is 141 cm³/mol. The quantitative estimate of drug-likeness (QED) is 0.528. The first-order valence-corrected chi connectivity index (χ1v) is 12.4. The molecule has 0 aliphatic rings. The predicted octanol–water partition coefficient (Wildman–Crippen LogP) is 5.52. The molecule has 1 aromatic rings. The normalized spacial score (nSPS) is 14.2. The Hall–Kier alpha value is -2.57. The highest BCUT2D eigenvalue weighted by Gasteiger charge is 2.42. The van der Waals surface area contributed by atoms with E-state index in [1.165, 1.54) is 0 Å². The number of hydrogen-bond acceptors (Lipinski definition) is 4. The van der Waals surface area contributed by atoms with Gasteiger partial charge in [0.15, 0.2) is 0 Å². The van der Waals surface area contributed by atoms with E-state index in [1.807, 2.05) is 86.6 Å². The standard InChI is InChI=1S/C28H47N3O4/c1-18(2)16-21(29-25(34)35-28(10,11)12)24(33)31(27(7,8)9)22(23(32)30-26(4,5)6)20-15-13-14-19(3)17-20/h13-15,17-18,21-22H,16H2,1-12H3,(H,29,34)(H,30,32). The summed E-state index contributed by atoms with van der Waals surface area (Å²) in [6, 6.07) is 5.91. The van der Waals surface area contributed by atoms with Crippen LogP contribution in [-0.2, 0) is 14.3 Å². The molecule has 2 unspecified atom stereocenters. The van der Waals surface area contributed by atoms with Crippen molar-refractivity contribution >= 4 is 17.9 Å². The average molecular weight is 490 g/mol. The number of nitrogens with zero attached hydrogens (tertiary/aromatic N) is 1. The number of hydrogen-bond donors (Lipinski definition) is 2.